The summed E-state index contributed by atoms with van der Waals surface area (Å²) in [4.78, 5) is 2.43. The Balaban J connectivity index is 1.97. The second-order valence-corrected chi connectivity index (χ2v) is 5.32. The largest absolute Gasteiger partial charge is 0.493 e. The zero-order chi connectivity index (χ0) is 14.4. The minimum absolute atomic E-state index is 0.324. The van der Waals surface area contributed by atoms with Crippen LogP contribution >= 0.6 is 0 Å². The van der Waals surface area contributed by atoms with E-state index in [-0.39, 0.29) is 0 Å². The Labute approximate surface area is 121 Å². The fourth-order valence-electron chi connectivity index (χ4n) is 2.67. The van der Waals surface area contributed by atoms with E-state index in [4.69, 9.17) is 9.47 Å². The number of aliphatic hydroxyl groups excluding tert-OH is 1. The second kappa shape index (κ2) is 7.50. The first-order chi connectivity index (χ1) is 9.76. The van der Waals surface area contributed by atoms with Crippen molar-refractivity contribution in [3.05, 3.63) is 23.8 Å². The van der Waals surface area contributed by atoms with Gasteiger partial charge in [-0.3, -0.25) is 4.90 Å². The first-order valence-corrected chi connectivity index (χ1v) is 7.39. The maximum Gasteiger partial charge on any atom is 0.161 e. The highest BCUT2D eigenvalue weighted by atomic mass is 16.5. The molecule has 0 saturated carbocycles. The zero-order valence-corrected chi connectivity index (χ0v) is 12.5. The highest BCUT2D eigenvalue weighted by molar-refractivity contribution is 5.42. The van der Waals surface area contributed by atoms with Crippen LogP contribution in [0.4, 0.5) is 0 Å². The van der Waals surface area contributed by atoms with Crippen molar-refractivity contribution in [2.45, 2.75) is 26.3 Å². The summed E-state index contributed by atoms with van der Waals surface area (Å²) >= 11 is 0. The Morgan fingerprint density at radius 3 is 2.60 bits per heavy atom. The van der Waals surface area contributed by atoms with Gasteiger partial charge in [-0.1, -0.05) is 6.07 Å². The molecule has 0 amide bonds. The molecule has 1 aromatic carbocycles. The number of hydrogen-bond acceptors (Lipinski definition) is 4. The van der Waals surface area contributed by atoms with Crippen LogP contribution < -0.4 is 9.47 Å². The summed E-state index contributed by atoms with van der Waals surface area (Å²) in [5.74, 6) is 2.09. The molecule has 20 heavy (non-hydrogen) atoms. The van der Waals surface area contributed by atoms with Crippen LogP contribution in [0.2, 0.25) is 0 Å². The summed E-state index contributed by atoms with van der Waals surface area (Å²) in [6.07, 6.45) is 2.18. The van der Waals surface area contributed by atoms with Crippen LogP contribution in [0.3, 0.4) is 0 Å². The monoisotopic (exact) mass is 279 g/mol. The molecule has 0 unspecified atom stereocenters. The number of hydrogen-bond donors (Lipinski definition) is 1. The fourth-order valence-corrected chi connectivity index (χ4v) is 2.67. The zero-order valence-electron chi connectivity index (χ0n) is 12.5. The molecule has 112 valence electrons. The van der Waals surface area contributed by atoms with Gasteiger partial charge in [0.25, 0.3) is 0 Å². The Kier molecular flexibility index (Phi) is 5.68. The van der Waals surface area contributed by atoms with E-state index in [1.165, 1.54) is 5.56 Å². The van der Waals surface area contributed by atoms with Crippen molar-refractivity contribution in [2.75, 3.05) is 33.4 Å². The summed E-state index contributed by atoms with van der Waals surface area (Å²) < 4.78 is 10.9. The third-order valence-electron chi connectivity index (χ3n) is 3.90. The summed E-state index contributed by atoms with van der Waals surface area (Å²) in [6.45, 7) is 5.99. The van der Waals surface area contributed by atoms with Crippen molar-refractivity contribution in [3.63, 3.8) is 0 Å². The van der Waals surface area contributed by atoms with E-state index >= 15 is 0 Å². The molecule has 0 radical (unpaired) electrons. The Hall–Kier alpha value is -1.26. The van der Waals surface area contributed by atoms with Gasteiger partial charge in [0.1, 0.15) is 0 Å². The van der Waals surface area contributed by atoms with E-state index in [0.29, 0.717) is 19.1 Å². The fraction of sp³-hybridized carbons (Fsp3) is 0.625. The van der Waals surface area contributed by atoms with E-state index in [1.54, 1.807) is 7.11 Å². The third-order valence-corrected chi connectivity index (χ3v) is 3.90. The standard InChI is InChI=1S/C16H25NO3/c1-3-20-16-10-14(4-5-15(16)19-2)11-17-8-6-13(12-18)7-9-17/h4-5,10,13,18H,3,6-9,11-12H2,1-2H3. The van der Waals surface area contributed by atoms with Gasteiger partial charge in [-0.25, -0.2) is 0 Å². The highest BCUT2D eigenvalue weighted by Gasteiger charge is 2.18. The summed E-state index contributed by atoms with van der Waals surface area (Å²) in [7, 11) is 1.66. The molecule has 2 rings (SSSR count). The first kappa shape index (κ1) is 15.1. The average molecular weight is 279 g/mol. The van der Waals surface area contributed by atoms with Crippen molar-refractivity contribution in [1.29, 1.82) is 0 Å². The van der Waals surface area contributed by atoms with Gasteiger partial charge in [-0.15, -0.1) is 0 Å². The molecule has 4 nitrogen and oxygen atoms in total. The van der Waals surface area contributed by atoms with Crippen molar-refractivity contribution in [2.24, 2.45) is 5.92 Å². The molecule has 0 aromatic heterocycles. The quantitative estimate of drug-likeness (QED) is 0.867. The molecule has 1 aliphatic heterocycles. The molecule has 1 fully saturated rings. The van der Waals surface area contributed by atoms with Gasteiger partial charge >= 0.3 is 0 Å². The molecule has 1 aliphatic rings. The number of aliphatic hydroxyl groups is 1. The van der Waals surface area contributed by atoms with E-state index in [2.05, 4.69) is 17.0 Å². The summed E-state index contributed by atoms with van der Waals surface area (Å²) in [5, 5.41) is 9.17. The van der Waals surface area contributed by atoms with Crippen LogP contribution in [0, 0.1) is 5.92 Å². The third kappa shape index (κ3) is 3.87. The SMILES string of the molecule is CCOc1cc(CN2CCC(CO)CC2)ccc1OC. The smallest absolute Gasteiger partial charge is 0.161 e. The number of benzene rings is 1. The number of rotatable bonds is 6. The lowest BCUT2D eigenvalue weighted by molar-refractivity contribution is 0.127. The van der Waals surface area contributed by atoms with E-state index < -0.39 is 0 Å². The van der Waals surface area contributed by atoms with Gasteiger partial charge in [0.05, 0.1) is 13.7 Å². The van der Waals surface area contributed by atoms with Crippen LogP contribution in [-0.2, 0) is 6.54 Å². The van der Waals surface area contributed by atoms with Crippen molar-refractivity contribution < 1.29 is 14.6 Å². The Bertz CT molecular complexity index is 414. The maximum atomic E-state index is 9.17. The first-order valence-electron chi connectivity index (χ1n) is 7.39. The van der Waals surface area contributed by atoms with Crippen molar-refractivity contribution in [3.8, 4) is 11.5 Å². The van der Waals surface area contributed by atoms with Gasteiger partial charge in [0.15, 0.2) is 11.5 Å². The lowest BCUT2D eigenvalue weighted by atomic mass is 9.97. The van der Waals surface area contributed by atoms with Crippen molar-refractivity contribution in [1.82, 2.24) is 4.90 Å². The van der Waals surface area contributed by atoms with Crippen LogP contribution in [0.25, 0.3) is 0 Å². The van der Waals surface area contributed by atoms with Gasteiger partial charge in [-0.05, 0) is 56.5 Å². The van der Waals surface area contributed by atoms with Gasteiger partial charge in [0.2, 0.25) is 0 Å². The van der Waals surface area contributed by atoms with Crippen LogP contribution in [-0.4, -0.2) is 43.4 Å². The van der Waals surface area contributed by atoms with Crippen molar-refractivity contribution >= 4 is 0 Å². The van der Waals surface area contributed by atoms with Crippen LogP contribution in [0.1, 0.15) is 25.3 Å². The Morgan fingerprint density at radius 2 is 2.00 bits per heavy atom. The highest BCUT2D eigenvalue weighted by Crippen LogP contribution is 2.29. The molecule has 1 saturated heterocycles. The number of likely N-dealkylation sites (tertiary alicyclic amines) is 1. The lowest BCUT2D eigenvalue weighted by Crippen LogP contribution is -2.34. The predicted molar refractivity (Wildman–Crippen MR) is 79.2 cm³/mol. The summed E-state index contributed by atoms with van der Waals surface area (Å²) in [5.41, 5.74) is 1.25. The molecule has 0 bridgehead atoms. The Morgan fingerprint density at radius 1 is 1.25 bits per heavy atom. The minimum atomic E-state index is 0.324. The molecular weight excluding hydrogens is 254 g/mol. The number of methoxy groups -OCH3 is 1. The molecule has 1 aromatic rings. The number of piperidine rings is 1. The van der Waals surface area contributed by atoms with Crippen LogP contribution in [0.5, 0.6) is 11.5 Å². The molecule has 0 spiro atoms. The van der Waals surface area contributed by atoms with E-state index in [1.807, 2.05) is 13.0 Å². The molecule has 0 aliphatic carbocycles. The molecule has 1 heterocycles. The summed E-state index contributed by atoms with van der Waals surface area (Å²) in [6, 6.07) is 6.14. The van der Waals surface area contributed by atoms with E-state index in [9.17, 15) is 5.11 Å². The second-order valence-electron chi connectivity index (χ2n) is 5.32. The van der Waals surface area contributed by atoms with E-state index in [0.717, 1.165) is 44.0 Å². The average Bonchev–Trinajstić information content (AvgIpc) is 2.49. The van der Waals surface area contributed by atoms with Crippen LogP contribution in [0.15, 0.2) is 18.2 Å². The molecular formula is C16H25NO3. The lowest BCUT2D eigenvalue weighted by Gasteiger charge is -2.31. The minimum Gasteiger partial charge on any atom is -0.493 e. The topological polar surface area (TPSA) is 41.9 Å². The molecule has 1 N–H and O–H groups in total. The molecule has 0 atom stereocenters. The van der Waals surface area contributed by atoms with Gasteiger partial charge in [0, 0.05) is 13.2 Å². The predicted octanol–water partition coefficient (Wildman–Crippen LogP) is 2.30. The normalized spacial score (nSPS) is 17.1. The van der Waals surface area contributed by atoms with Gasteiger partial charge in [-0.2, -0.15) is 0 Å². The maximum absolute atomic E-state index is 9.17. The number of nitrogens with zero attached hydrogens (tertiary/aromatic N) is 1. The molecule has 4 heteroatoms. The number of ether oxygens (including phenoxy) is 2. The van der Waals surface area contributed by atoms with Gasteiger partial charge < -0.3 is 14.6 Å².